The van der Waals surface area contributed by atoms with Gasteiger partial charge in [-0.25, -0.2) is 0 Å². The number of unbranched alkanes of at least 4 members (excludes halogenated alkanes) is 2. The molecule has 0 heterocycles. The molecule has 1 aromatic rings. The molecule has 0 saturated carbocycles. The van der Waals surface area contributed by atoms with Gasteiger partial charge in [-0.1, -0.05) is 12.1 Å². The molecular formula is C25H43N9O4. The van der Waals surface area contributed by atoms with Crippen molar-refractivity contribution in [2.45, 2.75) is 69.5 Å². The fraction of sp³-hybridized carbons (Fsp3) is 0.560. The largest absolute Gasteiger partial charge is 0.398 e. The maximum absolute atomic E-state index is 13.3. The number of nitrogen functional groups attached to an aromatic ring is 1. The van der Waals surface area contributed by atoms with Crippen LogP contribution in [0.5, 0.6) is 0 Å². The van der Waals surface area contributed by atoms with Gasteiger partial charge in [-0.05, 0) is 76.6 Å². The van der Waals surface area contributed by atoms with Gasteiger partial charge < -0.3 is 49.4 Å². The summed E-state index contributed by atoms with van der Waals surface area (Å²) >= 11 is 0. The van der Waals surface area contributed by atoms with E-state index in [1.54, 1.807) is 24.3 Å². The minimum absolute atomic E-state index is 0.0533. The molecular weight excluding hydrogens is 490 g/mol. The standard InChI is InChI=1S/C25H43N9O4/c26-13-5-3-11-20(23(37)32-17(16-35)8-7-15-31-25(29)30)34-24(38)21(12-4-6-14-27)33-22(36)18-9-1-2-10-19(18)28/h1-2,9-10,16-17,20-21H,3-8,11-15,26-28H2,(H,32,37)(H,33,36)(H,34,38)(H4,29,30,31)/t17-,20-,21-/m0/s1. The number of carbonyl (C=O) groups is 4. The Morgan fingerprint density at radius 2 is 1.39 bits per heavy atom. The Balaban J connectivity index is 2.95. The summed E-state index contributed by atoms with van der Waals surface area (Å²) in [5, 5.41) is 8.14. The Bertz CT molecular complexity index is 922. The lowest BCUT2D eigenvalue weighted by Gasteiger charge is -2.24. The van der Waals surface area contributed by atoms with Gasteiger partial charge in [0.25, 0.3) is 5.91 Å². The van der Waals surface area contributed by atoms with E-state index in [9.17, 15) is 19.2 Å². The number of anilines is 1. The van der Waals surface area contributed by atoms with Crippen LogP contribution in [0.2, 0.25) is 0 Å². The molecule has 0 spiro atoms. The molecule has 1 rings (SSSR count). The number of hydrogen-bond acceptors (Lipinski definition) is 8. The fourth-order valence-electron chi connectivity index (χ4n) is 3.71. The van der Waals surface area contributed by atoms with E-state index in [2.05, 4.69) is 20.9 Å². The monoisotopic (exact) mass is 533 g/mol. The number of rotatable bonds is 19. The summed E-state index contributed by atoms with van der Waals surface area (Å²) in [6, 6.07) is 3.92. The number of aldehydes is 1. The molecule has 13 nitrogen and oxygen atoms in total. The third kappa shape index (κ3) is 12.5. The number of nitrogens with one attached hydrogen (secondary N) is 3. The van der Waals surface area contributed by atoms with Gasteiger partial charge in [0, 0.05) is 12.2 Å². The van der Waals surface area contributed by atoms with Gasteiger partial charge in [-0.2, -0.15) is 0 Å². The third-order valence-corrected chi connectivity index (χ3v) is 5.81. The van der Waals surface area contributed by atoms with Crippen LogP contribution in [0.1, 0.15) is 61.7 Å². The van der Waals surface area contributed by atoms with Crippen molar-refractivity contribution in [3.63, 3.8) is 0 Å². The van der Waals surface area contributed by atoms with Crippen molar-refractivity contribution < 1.29 is 19.2 Å². The molecule has 0 bridgehead atoms. The number of hydrogen-bond donors (Lipinski definition) is 8. The summed E-state index contributed by atoms with van der Waals surface area (Å²) in [4.78, 5) is 54.6. The number of carbonyl (C=O) groups excluding carboxylic acids is 4. The number of guanidine groups is 1. The van der Waals surface area contributed by atoms with Crippen LogP contribution in [0.25, 0.3) is 0 Å². The predicted molar refractivity (Wildman–Crippen MR) is 148 cm³/mol. The SMILES string of the molecule is NCCCC[C@H](NC(=O)c1ccccc1N)C(=O)N[C@@H](CCCCN)C(=O)N[C@H](C=O)CCCN=C(N)N. The highest BCUT2D eigenvalue weighted by Gasteiger charge is 2.28. The molecule has 3 atom stereocenters. The normalized spacial score (nSPS) is 13.0. The summed E-state index contributed by atoms with van der Waals surface area (Å²) in [7, 11) is 0. The molecule has 0 aliphatic rings. The predicted octanol–water partition coefficient (Wildman–Crippen LogP) is -1.15. The molecule has 13 heteroatoms. The molecule has 0 unspecified atom stereocenters. The van der Waals surface area contributed by atoms with Gasteiger partial charge >= 0.3 is 0 Å². The average molecular weight is 534 g/mol. The van der Waals surface area contributed by atoms with Crippen LogP contribution in [-0.2, 0) is 14.4 Å². The molecule has 13 N–H and O–H groups in total. The van der Waals surface area contributed by atoms with Gasteiger partial charge in [0.15, 0.2) is 5.96 Å². The van der Waals surface area contributed by atoms with Crippen LogP contribution in [0, 0.1) is 0 Å². The minimum atomic E-state index is -0.926. The maximum atomic E-state index is 13.3. The first-order chi connectivity index (χ1) is 18.2. The van der Waals surface area contributed by atoms with Crippen LogP contribution in [0.15, 0.2) is 29.3 Å². The Morgan fingerprint density at radius 1 is 0.816 bits per heavy atom. The van der Waals surface area contributed by atoms with Crippen molar-refractivity contribution in [2.24, 2.45) is 27.9 Å². The first-order valence-electron chi connectivity index (χ1n) is 12.9. The highest BCUT2D eigenvalue weighted by molar-refractivity contribution is 6.01. The van der Waals surface area contributed by atoms with Crippen molar-refractivity contribution in [3.8, 4) is 0 Å². The Labute approximate surface area is 223 Å². The maximum Gasteiger partial charge on any atom is 0.254 e. The van der Waals surface area contributed by atoms with Gasteiger partial charge in [0.05, 0.1) is 11.6 Å². The molecule has 0 fully saturated rings. The average Bonchev–Trinajstić information content (AvgIpc) is 2.89. The number of nitrogens with zero attached hydrogens (tertiary/aromatic N) is 1. The molecule has 212 valence electrons. The van der Waals surface area contributed by atoms with Crippen LogP contribution in [-0.4, -0.2) is 67.7 Å². The number of amides is 3. The molecule has 3 amide bonds. The number of benzene rings is 1. The number of aliphatic imine (C=N–C) groups is 1. The highest BCUT2D eigenvalue weighted by Crippen LogP contribution is 2.12. The quantitative estimate of drug-likeness (QED) is 0.0351. The second-order valence-corrected chi connectivity index (χ2v) is 8.94. The van der Waals surface area contributed by atoms with Gasteiger partial charge in [-0.3, -0.25) is 19.4 Å². The van der Waals surface area contributed by atoms with E-state index in [-0.39, 0.29) is 17.2 Å². The van der Waals surface area contributed by atoms with E-state index in [0.29, 0.717) is 77.3 Å². The van der Waals surface area contributed by atoms with Gasteiger partial charge in [0.2, 0.25) is 11.8 Å². The molecule has 0 aromatic heterocycles. The summed E-state index contributed by atoms with van der Waals surface area (Å²) in [5.74, 6) is -1.58. The van der Waals surface area contributed by atoms with Crippen molar-refractivity contribution in [1.29, 1.82) is 0 Å². The molecule has 0 aliphatic heterocycles. The fourth-order valence-corrected chi connectivity index (χ4v) is 3.71. The van der Waals surface area contributed by atoms with Crippen LogP contribution >= 0.6 is 0 Å². The zero-order valence-corrected chi connectivity index (χ0v) is 21.9. The van der Waals surface area contributed by atoms with Crippen LogP contribution in [0.4, 0.5) is 5.69 Å². The summed E-state index contributed by atoms with van der Waals surface area (Å²) < 4.78 is 0. The zero-order valence-electron chi connectivity index (χ0n) is 21.9. The van der Waals surface area contributed by atoms with E-state index in [0.717, 1.165) is 0 Å². The van der Waals surface area contributed by atoms with Crippen LogP contribution < -0.4 is 44.6 Å². The van der Waals surface area contributed by atoms with E-state index in [4.69, 9.17) is 28.7 Å². The van der Waals surface area contributed by atoms with Crippen molar-refractivity contribution in [1.82, 2.24) is 16.0 Å². The molecule has 1 aromatic carbocycles. The molecule has 0 radical (unpaired) electrons. The third-order valence-electron chi connectivity index (χ3n) is 5.81. The van der Waals surface area contributed by atoms with E-state index < -0.39 is 35.8 Å². The van der Waals surface area contributed by atoms with Crippen molar-refractivity contribution >= 4 is 35.7 Å². The number of nitrogens with two attached hydrogens (primary N) is 5. The number of para-hydroxylation sites is 1. The Morgan fingerprint density at radius 3 is 1.95 bits per heavy atom. The smallest absolute Gasteiger partial charge is 0.254 e. The minimum Gasteiger partial charge on any atom is -0.398 e. The van der Waals surface area contributed by atoms with Crippen molar-refractivity contribution in [2.75, 3.05) is 25.4 Å². The molecule has 0 aliphatic carbocycles. The second-order valence-electron chi connectivity index (χ2n) is 8.94. The van der Waals surface area contributed by atoms with Crippen molar-refractivity contribution in [3.05, 3.63) is 29.8 Å². The Hall–Kier alpha value is -3.71. The second kappa shape index (κ2) is 18.5. The van der Waals surface area contributed by atoms with Crippen LogP contribution in [0.3, 0.4) is 0 Å². The summed E-state index contributed by atoms with van der Waals surface area (Å²) in [5.41, 5.74) is 28.2. The summed E-state index contributed by atoms with van der Waals surface area (Å²) in [6.07, 6.45) is 4.54. The van der Waals surface area contributed by atoms with E-state index in [1.807, 2.05) is 0 Å². The lowest BCUT2D eigenvalue weighted by molar-refractivity contribution is -0.131. The zero-order chi connectivity index (χ0) is 28.3. The first kappa shape index (κ1) is 32.3. The van der Waals surface area contributed by atoms with E-state index in [1.165, 1.54) is 0 Å². The topological polar surface area (TPSA) is 247 Å². The molecule has 38 heavy (non-hydrogen) atoms. The van der Waals surface area contributed by atoms with Gasteiger partial charge in [0.1, 0.15) is 18.4 Å². The Kier molecular flexibility index (Phi) is 15.8. The highest BCUT2D eigenvalue weighted by atomic mass is 16.2. The molecule has 0 saturated heterocycles. The van der Waals surface area contributed by atoms with E-state index >= 15 is 0 Å². The first-order valence-corrected chi connectivity index (χ1v) is 12.9. The van der Waals surface area contributed by atoms with Gasteiger partial charge in [-0.15, -0.1) is 0 Å². The summed E-state index contributed by atoms with van der Waals surface area (Å²) in [6.45, 7) is 1.18. The lowest BCUT2D eigenvalue weighted by atomic mass is 10.0. The lowest BCUT2D eigenvalue weighted by Crippen LogP contribution is -2.55.